The van der Waals surface area contributed by atoms with Crippen LogP contribution >= 0.6 is 0 Å². The summed E-state index contributed by atoms with van der Waals surface area (Å²) in [7, 11) is 0. The smallest absolute Gasteiger partial charge is 0.433 e. The quantitative estimate of drug-likeness (QED) is 0.260. The molecule has 0 saturated carbocycles. The fourth-order valence-electron chi connectivity index (χ4n) is 0.909. The largest absolute Gasteiger partial charge is 0.447 e. The molecule has 1 aliphatic heterocycles. The fourth-order valence-corrected chi connectivity index (χ4v) is 0.909. The van der Waals surface area contributed by atoms with Gasteiger partial charge in [0.1, 0.15) is 11.5 Å². The molecular formula is C8H9N3O6. The van der Waals surface area contributed by atoms with E-state index in [2.05, 4.69) is 9.15 Å². The number of amides is 1. The number of nitrogens with two attached hydrogens (primary N) is 1. The van der Waals surface area contributed by atoms with E-state index in [-0.39, 0.29) is 5.76 Å². The van der Waals surface area contributed by atoms with Gasteiger partial charge in [0.2, 0.25) is 0 Å². The molecule has 0 unspecified atom stereocenters. The maximum Gasteiger partial charge on any atom is 0.433 e. The Morgan fingerprint density at radius 2 is 2.24 bits per heavy atom. The molecule has 0 aliphatic carbocycles. The molecule has 9 nitrogen and oxygen atoms in total. The first-order valence-electron chi connectivity index (χ1n) is 4.43. The van der Waals surface area contributed by atoms with Gasteiger partial charge in [-0.3, -0.25) is 14.9 Å². The van der Waals surface area contributed by atoms with Gasteiger partial charge in [0.05, 0.1) is 12.6 Å². The lowest BCUT2D eigenvalue weighted by Crippen LogP contribution is -2.31. The molecule has 9 heteroatoms. The third-order valence-corrected chi connectivity index (χ3v) is 1.70. The first-order valence-corrected chi connectivity index (χ1v) is 4.43. The summed E-state index contributed by atoms with van der Waals surface area (Å²) in [5.41, 5.74) is 0. The van der Waals surface area contributed by atoms with Crippen LogP contribution in [0.4, 0.5) is 10.7 Å². The number of hydrogen-bond donors (Lipinski definition) is 1. The van der Waals surface area contributed by atoms with Gasteiger partial charge in [0, 0.05) is 0 Å². The second-order valence-electron chi connectivity index (χ2n) is 2.86. The molecular weight excluding hydrogens is 234 g/mol. The number of nitrogens with zero attached hydrogens (tertiary/aromatic N) is 2. The number of hydrazine groups is 1. The van der Waals surface area contributed by atoms with Gasteiger partial charge < -0.3 is 9.15 Å². The van der Waals surface area contributed by atoms with Crippen molar-refractivity contribution in [1.82, 2.24) is 5.01 Å². The zero-order valence-corrected chi connectivity index (χ0v) is 8.57. The van der Waals surface area contributed by atoms with Crippen LogP contribution in [0, 0.1) is 10.1 Å². The molecule has 17 heavy (non-hydrogen) atoms. The van der Waals surface area contributed by atoms with Gasteiger partial charge in [-0.05, 0) is 6.07 Å². The molecule has 1 aromatic heterocycles. The average Bonchev–Trinajstić information content (AvgIpc) is 2.90. The summed E-state index contributed by atoms with van der Waals surface area (Å²) in [4.78, 5) is 29.3. The Balaban J connectivity index is 0.000000181. The molecule has 2 heterocycles. The van der Waals surface area contributed by atoms with Gasteiger partial charge >= 0.3 is 12.0 Å². The normalized spacial score (nSPS) is 13.7. The Bertz CT molecular complexity index is 429. The van der Waals surface area contributed by atoms with E-state index < -0.39 is 16.9 Å². The van der Waals surface area contributed by atoms with Gasteiger partial charge in [0.15, 0.2) is 12.0 Å². The summed E-state index contributed by atoms with van der Waals surface area (Å²) in [6.45, 7) is 0.939. The van der Waals surface area contributed by atoms with Crippen molar-refractivity contribution in [1.29, 1.82) is 0 Å². The fraction of sp³-hybridized carbons (Fsp3) is 0.250. The lowest BCUT2D eigenvalue weighted by atomic mass is 10.5. The highest BCUT2D eigenvalue weighted by atomic mass is 16.6. The van der Waals surface area contributed by atoms with Crippen LogP contribution in [0.15, 0.2) is 16.5 Å². The molecule has 1 fully saturated rings. The second kappa shape index (κ2) is 5.61. The number of carbonyl (C=O) groups excluding carboxylic acids is 2. The standard InChI is InChI=1S/C5H3NO4.C3H6N2O2/c7-3-4-1-2-5(10-4)6(8)9;4-5-1-2-7-3(5)6/h1-3H;1-2,4H2. The number of nitro groups is 1. The highest BCUT2D eigenvalue weighted by molar-refractivity contribution is 5.70. The van der Waals surface area contributed by atoms with Gasteiger partial charge in [-0.1, -0.05) is 0 Å². The first-order chi connectivity index (χ1) is 8.04. The van der Waals surface area contributed by atoms with Crippen LogP contribution in [-0.2, 0) is 4.74 Å². The summed E-state index contributed by atoms with van der Waals surface area (Å²) >= 11 is 0. The highest BCUT2D eigenvalue weighted by Crippen LogP contribution is 2.13. The van der Waals surface area contributed by atoms with Crippen LogP contribution in [0.1, 0.15) is 10.6 Å². The maximum absolute atomic E-state index is 10.2. The molecule has 0 atom stereocenters. The van der Waals surface area contributed by atoms with E-state index in [0.29, 0.717) is 19.4 Å². The van der Waals surface area contributed by atoms with Crippen molar-refractivity contribution in [2.24, 2.45) is 5.84 Å². The number of rotatable bonds is 2. The van der Waals surface area contributed by atoms with E-state index in [1.807, 2.05) is 0 Å². The monoisotopic (exact) mass is 243 g/mol. The number of aldehydes is 1. The number of ether oxygens (including phenoxy) is 1. The van der Waals surface area contributed by atoms with Crippen molar-refractivity contribution < 1.29 is 23.7 Å². The SMILES string of the molecule is NN1CCOC1=O.O=Cc1ccc([N+](=O)[O-])o1. The highest BCUT2D eigenvalue weighted by Gasteiger charge is 2.16. The zero-order valence-electron chi connectivity index (χ0n) is 8.57. The van der Waals surface area contributed by atoms with Crippen molar-refractivity contribution in [3.05, 3.63) is 28.0 Å². The third-order valence-electron chi connectivity index (χ3n) is 1.70. The second-order valence-corrected chi connectivity index (χ2v) is 2.86. The van der Waals surface area contributed by atoms with Crippen LogP contribution in [0.5, 0.6) is 0 Å². The Morgan fingerprint density at radius 1 is 1.53 bits per heavy atom. The van der Waals surface area contributed by atoms with Crippen LogP contribution in [-0.4, -0.2) is 35.5 Å². The topological polar surface area (TPSA) is 129 Å². The minimum atomic E-state index is -0.701. The molecule has 92 valence electrons. The van der Waals surface area contributed by atoms with Crippen molar-refractivity contribution in [2.75, 3.05) is 13.2 Å². The van der Waals surface area contributed by atoms with Crippen molar-refractivity contribution in [3.8, 4) is 0 Å². The molecule has 2 rings (SSSR count). The van der Waals surface area contributed by atoms with Gasteiger partial charge in [-0.25, -0.2) is 15.6 Å². The van der Waals surface area contributed by atoms with E-state index >= 15 is 0 Å². The van der Waals surface area contributed by atoms with Gasteiger partial charge in [-0.15, -0.1) is 0 Å². The molecule has 0 radical (unpaired) electrons. The maximum atomic E-state index is 10.2. The van der Waals surface area contributed by atoms with Crippen molar-refractivity contribution >= 4 is 18.3 Å². The molecule has 2 N–H and O–H groups in total. The Labute approximate surface area is 94.8 Å². The molecule has 0 spiro atoms. The van der Waals surface area contributed by atoms with Crippen LogP contribution in [0.3, 0.4) is 0 Å². The van der Waals surface area contributed by atoms with Crippen LogP contribution in [0.25, 0.3) is 0 Å². The predicted molar refractivity (Wildman–Crippen MR) is 53.0 cm³/mol. The summed E-state index contributed by atoms with van der Waals surface area (Å²) in [6, 6.07) is 2.37. The number of cyclic esters (lactones) is 1. The summed E-state index contributed by atoms with van der Waals surface area (Å²) < 4.78 is 8.85. The Morgan fingerprint density at radius 3 is 2.47 bits per heavy atom. The molecule has 1 aliphatic rings. The lowest BCUT2D eigenvalue weighted by molar-refractivity contribution is -0.402. The third kappa shape index (κ3) is 3.57. The molecule has 0 bridgehead atoms. The van der Waals surface area contributed by atoms with Crippen molar-refractivity contribution in [2.45, 2.75) is 0 Å². The minimum Gasteiger partial charge on any atom is -0.447 e. The zero-order chi connectivity index (χ0) is 12.8. The van der Waals surface area contributed by atoms with Gasteiger partial charge in [0.25, 0.3) is 0 Å². The summed E-state index contributed by atoms with van der Waals surface area (Å²) in [5.74, 6) is 4.59. The Kier molecular flexibility index (Phi) is 4.17. The number of carbonyl (C=O) groups is 2. The molecule has 1 saturated heterocycles. The lowest BCUT2D eigenvalue weighted by Gasteiger charge is -1.98. The van der Waals surface area contributed by atoms with Crippen LogP contribution in [0.2, 0.25) is 0 Å². The number of furan rings is 1. The summed E-state index contributed by atoms with van der Waals surface area (Å²) in [5, 5.41) is 11.0. The first kappa shape index (κ1) is 12.6. The summed E-state index contributed by atoms with van der Waals surface area (Å²) in [6.07, 6.45) is -0.0208. The van der Waals surface area contributed by atoms with E-state index in [4.69, 9.17) is 5.84 Å². The van der Waals surface area contributed by atoms with Gasteiger partial charge in [-0.2, -0.15) is 0 Å². The van der Waals surface area contributed by atoms with E-state index in [0.717, 1.165) is 11.1 Å². The molecule has 1 amide bonds. The number of hydrogen-bond acceptors (Lipinski definition) is 7. The molecule has 0 aromatic carbocycles. The van der Waals surface area contributed by atoms with E-state index in [1.54, 1.807) is 0 Å². The van der Waals surface area contributed by atoms with Crippen LogP contribution < -0.4 is 5.84 Å². The average molecular weight is 243 g/mol. The van der Waals surface area contributed by atoms with E-state index in [1.165, 1.54) is 6.07 Å². The Hall–Kier alpha value is -2.42. The predicted octanol–water partition coefficient (Wildman–Crippen LogP) is 0.313. The molecule has 1 aromatic rings. The van der Waals surface area contributed by atoms with Crippen molar-refractivity contribution in [3.63, 3.8) is 0 Å². The minimum absolute atomic E-state index is 0.0355. The van der Waals surface area contributed by atoms with E-state index in [9.17, 15) is 19.7 Å².